The topological polar surface area (TPSA) is 63.0 Å². The minimum Gasteiger partial charge on any atom is -0.343 e. The molecule has 0 atom stereocenters. The van der Waals surface area contributed by atoms with Crippen LogP contribution in [0.5, 0.6) is 0 Å². The Kier molecular flexibility index (Phi) is 4.03. The maximum atomic E-state index is 12.8. The van der Waals surface area contributed by atoms with Crippen molar-refractivity contribution in [3.8, 4) is 0 Å². The summed E-state index contributed by atoms with van der Waals surface area (Å²) in [6.45, 7) is 2.56. The number of aromatic amines is 1. The molecule has 0 aliphatic carbocycles. The van der Waals surface area contributed by atoms with Crippen molar-refractivity contribution in [3.63, 3.8) is 0 Å². The second-order valence-electron chi connectivity index (χ2n) is 5.74. The number of aromatic nitrogens is 3. The van der Waals surface area contributed by atoms with Crippen LogP contribution in [0.25, 0.3) is 11.0 Å². The van der Waals surface area contributed by atoms with Gasteiger partial charge in [0.2, 0.25) is 0 Å². The largest absolute Gasteiger partial charge is 0.343 e. The number of fused-ring (bicyclic) bond motifs is 1. The fraction of sp³-hybridized carbons (Fsp3) is 0.105. The highest BCUT2D eigenvalue weighted by atomic mass is 32.1. The van der Waals surface area contributed by atoms with Gasteiger partial charge in [-0.2, -0.15) is 4.99 Å². The summed E-state index contributed by atoms with van der Waals surface area (Å²) >= 11 is 1.46. The third-order valence-corrected chi connectivity index (χ3v) is 4.82. The lowest BCUT2D eigenvalue weighted by molar-refractivity contribution is 0.0999. The predicted octanol–water partition coefficient (Wildman–Crippen LogP) is 3.52. The number of rotatable bonds is 3. The lowest BCUT2D eigenvalue weighted by Crippen LogP contribution is -2.17. The molecule has 0 spiro atoms. The predicted molar refractivity (Wildman–Crippen MR) is 98.6 cm³/mol. The molecular formula is C19H16N4OS. The van der Waals surface area contributed by atoms with Crippen LogP contribution in [0.15, 0.2) is 65.2 Å². The van der Waals surface area contributed by atoms with E-state index in [9.17, 15) is 4.79 Å². The molecular weight excluding hydrogens is 332 g/mol. The van der Waals surface area contributed by atoms with Gasteiger partial charge in [-0.05, 0) is 24.6 Å². The number of hydrogen-bond donors (Lipinski definition) is 1. The number of H-pyrrole nitrogens is 1. The highest BCUT2D eigenvalue weighted by Gasteiger charge is 2.16. The number of aryl methyl sites for hydroxylation is 1. The molecule has 6 heteroatoms. The van der Waals surface area contributed by atoms with Gasteiger partial charge >= 0.3 is 0 Å². The minimum atomic E-state index is -0.249. The Balaban J connectivity index is 1.73. The van der Waals surface area contributed by atoms with Crippen LogP contribution < -0.4 is 4.80 Å². The summed E-state index contributed by atoms with van der Waals surface area (Å²) in [5.74, 6) is -0.249. The van der Waals surface area contributed by atoms with Crippen LogP contribution in [0, 0.1) is 6.92 Å². The normalized spacial score (nSPS) is 12.0. The van der Waals surface area contributed by atoms with Crippen LogP contribution >= 0.6 is 11.3 Å². The Morgan fingerprint density at radius 3 is 2.92 bits per heavy atom. The first-order valence-corrected chi connectivity index (χ1v) is 8.80. The Labute approximate surface area is 148 Å². The van der Waals surface area contributed by atoms with Gasteiger partial charge in [0, 0.05) is 35.4 Å². The molecule has 5 nitrogen and oxygen atoms in total. The van der Waals surface area contributed by atoms with Crippen molar-refractivity contribution in [1.29, 1.82) is 0 Å². The van der Waals surface area contributed by atoms with Gasteiger partial charge in [0.1, 0.15) is 5.65 Å². The zero-order valence-corrected chi connectivity index (χ0v) is 14.5. The molecule has 0 bridgehead atoms. The lowest BCUT2D eigenvalue weighted by atomic mass is 10.1. The summed E-state index contributed by atoms with van der Waals surface area (Å²) in [7, 11) is 0. The number of amides is 1. The maximum Gasteiger partial charge on any atom is 0.282 e. The number of thiazole rings is 1. The van der Waals surface area contributed by atoms with Crippen LogP contribution in [-0.4, -0.2) is 20.4 Å². The average molecular weight is 348 g/mol. The summed E-state index contributed by atoms with van der Waals surface area (Å²) in [6, 6.07) is 13.8. The first-order chi connectivity index (χ1) is 12.2. The van der Waals surface area contributed by atoms with Gasteiger partial charge in [0.15, 0.2) is 4.80 Å². The van der Waals surface area contributed by atoms with E-state index in [1.807, 2.05) is 53.4 Å². The number of pyridine rings is 1. The van der Waals surface area contributed by atoms with Crippen molar-refractivity contribution < 1.29 is 4.79 Å². The summed E-state index contributed by atoms with van der Waals surface area (Å²) in [4.78, 5) is 25.3. The number of benzene rings is 1. The lowest BCUT2D eigenvalue weighted by Gasteiger charge is -2.02. The molecule has 25 heavy (non-hydrogen) atoms. The van der Waals surface area contributed by atoms with Crippen molar-refractivity contribution in [2.24, 2.45) is 4.99 Å². The molecule has 0 aliphatic rings. The van der Waals surface area contributed by atoms with Crippen LogP contribution in [0.4, 0.5) is 0 Å². The molecule has 0 aliphatic heterocycles. The second-order valence-corrected chi connectivity index (χ2v) is 6.61. The number of nitrogens with zero attached hydrogens (tertiary/aromatic N) is 3. The van der Waals surface area contributed by atoms with Crippen LogP contribution in [0.1, 0.15) is 21.6 Å². The van der Waals surface area contributed by atoms with Crippen LogP contribution in [-0.2, 0) is 6.54 Å². The third kappa shape index (κ3) is 3.04. The molecule has 1 aromatic carbocycles. The minimum absolute atomic E-state index is 0.249. The molecule has 1 amide bonds. The number of carbonyl (C=O) groups excluding carboxylic acids is 1. The quantitative estimate of drug-likeness (QED) is 0.616. The smallest absolute Gasteiger partial charge is 0.282 e. The first kappa shape index (κ1) is 15.5. The highest BCUT2D eigenvalue weighted by Crippen LogP contribution is 2.20. The maximum absolute atomic E-state index is 12.8. The van der Waals surface area contributed by atoms with Gasteiger partial charge in [0.05, 0.1) is 5.56 Å². The number of nitrogens with one attached hydrogen (secondary N) is 1. The monoisotopic (exact) mass is 348 g/mol. The molecule has 0 radical (unpaired) electrons. The molecule has 3 heterocycles. The fourth-order valence-corrected chi connectivity index (χ4v) is 3.58. The van der Waals surface area contributed by atoms with E-state index in [0.717, 1.165) is 11.1 Å². The zero-order valence-electron chi connectivity index (χ0n) is 13.6. The average Bonchev–Trinajstić information content (AvgIpc) is 3.18. The Hall–Kier alpha value is -2.99. The second kappa shape index (κ2) is 6.49. The highest BCUT2D eigenvalue weighted by molar-refractivity contribution is 7.07. The van der Waals surface area contributed by atoms with Crippen molar-refractivity contribution in [2.75, 3.05) is 0 Å². The molecule has 4 rings (SSSR count). The van der Waals surface area contributed by atoms with Gasteiger partial charge in [0.25, 0.3) is 5.91 Å². The Morgan fingerprint density at radius 2 is 2.08 bits per heavy atom. The number of hydrogen-bond acceptors (Lipinski definition) is 3. The number of carbonyl (C=O) groups is 1. The van der Waals surface area contributed by atoms with E-state index in [1.54, 1.807) is 6.20 Å². The zero-order chi connectivity index (χ0) is 17.2. The first-order valence-electron chi connectivity index (χ1n) is 7.92. The van der Waals surface area contributed by atoms with E-state index in [2.05, 4.69) is 27.1 Å². The van der Waals surface area contributed by atoms with Gasteiger partial charge in [-0.15, -0.1) is 11.3 Å². The van der Waals surface area contributed by atoms with Gasteiger partial charge in [-0.1, -0.05) is 30.3 Å². The Bertz CT molecular complexity index is 1110. The van der Waals surface area contributed by atoms with Gasteiger partial charge < -0.3 is 9.55 Å². The van der Waals surface area contributed by atoms with Crippen LogP contribution in [0.2, 0.25) is 0 Å². The summed E-state index contributed by atoms with van der Waals surface area (Å²) < 4.78 is 1.99. The molecule has 124 valence electrons. The standard InChI is InChI=1S/C19H16N4OS/c1-13-16(15-8-5-9-20-17(15)21-13)18(24)22-19-23(10-11-25-19)12-14-6-3-2-4-7-14/h2-11H,12H2,1H3,(H,20,21). The van der Waals surface area contributed by atoms with E-state index < -0.39 is 0 Å². The third-order valence-electron chi connectivity index (χ3n) is 4.02. The van der Waals surface area contributed by atoms with Gasteiger partial charge in [-0.3, -0.25) is 4.79 Å². The van der Waals surface area contributed by atoms with Crippen molar-refractivity contribution >= 4 is 28.3 Å². The molecule has 0 fully saturated rings. The molecule has 1 N–H and O–H groups in total. The van der Waals surface area contributed by atoms with E-state index in [4.69, 9.17) is 0 Å². The van der Waals surface area contributed by atoms with E-state index in [-0.39, 0.29) is 5.91 Å². The van der Waals surface area contributed by atoms with Gasteiger partial charge in [-0.25, -0.2) is 4.98 Å². The summed E-state index contributed by atoms with van der Waals surface area (Å²) in [6.07, 6.45) is 3.66. The summed E-state index contributed by atoms with van der Waals surface area (Å²) in [5, 5.41) is 2.75. The SMILES string of the molecule is Cc1[nH]c2ncccc2c1C(=O)N=c1sccn1Cc1ccccc1. The van der Waals surface area contributed by atoms with Crippen LogP contribution in [0.3, 0.4) is 0 Å². The van der Waals surface area contributed by atoms with Crippen molar-refractivity contribution in [1.82, 2.24) is 14.5 Å². The van der Waals surface area contributed by atoms with Crippen molar-refractivity contribution in [2.45, 2.75) is 13.5 Å². The molecule has 0 unspecified atom stereocenters. The van der Waals surface area contributed by atoms with E-state index in [1.165, 1.54) is 16.9 Å². The van der Waals surface area contributed by atoms with E-state index in [0.29, 0.717) is 22.6 Å². The summed E-state index contributed by atoms with van der Waals surface area (Å²) in [5.41, 5.74) is 3.25. The molecule has 3 aromatic heterocycles. The Morgan fingerprint density at radius 1 is 1.24 bits per heavy atom. The molecule has 0 saturated carbocycles. The molecule has 4 aromatic rings. The fourth-order valence-electron chi connectivity index (χ4n) is 2.85. The van der Waals surface area contributed by atoms with Crippen molar-refractivity contribution in [3.05, 3.63) is 81.9 Å². The van der Waals surface area contributed by atoms with E-state index >= 15 is 0 Å². The molecule has 0 saturated heterocycles.